The third-order valence-electron chi connectivity index (χ3n) is 5.50. The molecule has 2 heterocycles. The van der Waals surface area contributed by atoms with Gasteiger partial charge in [-0.3, -0.25) is 19.2 Å². The Hall–Kier alpha value is -3.17. The first-order valence-corrected chi connectivity index (χ1v) is 11.6. The van der Waals surface area contributed by atoms with Gasteiger partial charge in [0, 0.05) is 30.6 Å². The Labute approximate surface area is 206 Å². The second-order valence-corrected chi connectivity index (χ2v) is 8.47. The molecule has 194 valence electrons. The summed E-state index contributed by atoms with van der Waals surface area (Å²) in [6, 6.07) is -4.75. The maximum atomic E-state index is 13.0. The molecule has 8 N–H and O–H groups in total. The average Bonchev–Trinajstić information content (AvgIpc) is 3.51. The number of nitrogens with two attached hydrogens (primary N) is 1. The highest BCUT2D eigenvalue weighted by Crippen LogP contribution is 2.19. The second kappa shape index (κ2) is 13.1. The number of rotatable bonds is 12. The van der Waals surface area contributed by atoms with Gasteiger partial charge in [-0.2, -0.15) is 12.6 Å². The van der Waals surface area contributed by atoms with Gasteiger partial charge in [0.25, 0.3) is 0 Å². The minimum atomic E-state index is -1.47. The van der Waals surface area contributed by atoms with E-state index in [1.165, 1.54) is 24.3 Å². The predicted octanol–water partition coefficient (Wildman–Crippen LogP) is -3.25. The molecule has 15 heteroatoms. The van der Waals surface area contributed by atoms with Crippen LogP contribution in [-0.2, 0) is 30.4 Å². The SMILES string of the molecule is C[C@@H](O)[C@H](NC(=O)[C@@H]1CCCN1C(=O)[C@H](CS)NC(=O)CN)C(=O)N[C@@H](Cc1cnc[nH]1)C(=O)O. The van der Waals surface area contributed by atoms with Crippen LogP contribution >= 0.6 is 12.6 Å². The summed E-state index contributed by atoms with van der Waals surface area (Å²) in [5.74, 6) is -4.00. The van der Waals surface area contributed by atoms with Gasteiger partial charge in [0.15, 0.2) is 0 Å². The van der Waals surface area contributed by atoms with Crippen LogP contribution in [0.15, 0.2) is 12.5 Å². The highest BCUT2D eigenvalue weighted by Gasteiger charge is 2.39. The zero-order valence-electron chi connectivity index (χ0n) is 19.1. The van der Waals surface area contributed by atoms with E-state index in [1.807, 2.05) is 0 Å². The van der Waals surface area contributed by atoms with E-state index in [9.17, 15) is 34.2 Å². The highest BCUT2D eigenvalue weighted by molar-refractivity contribution is 7.80. The van der Waals surface area contributed by atoms with Crippen molar-refractivity contribution in [2.24, 2.45) is 5.73 Å². The number of thiol groups is 1. The summed E-state index contributed by atoms with van der Waals surface area (Å²) in [7, 11) is 0. The first kappa shape index (κ1) is 28.1. The van der Waals surface area contributed by atoms with Gasteiger partial charge in [0.1, 0.15) is 24.2 Å². The van der Waals surface area contributed by atoms with Gasteiger partial charge in [-0.15, -0.1) is 0 Å². The zero-order valence-corrected chi connectivity index (χ0v) is 20.0. The van der Waals surface area contributed by atoms with Crippen molar-refractivity contribution < 1.29 is 34.2 Å². The number of nitrogens with zero attached hydrogens (tertiary/aromatic N) is 2. The molecule has 0 spiro atoms. The van der Waals surface area contributed by atoms with Crippen molar-refractivity contribution in [1.29, 1.82) is 0 Å². The summed E-state index contributed by atoms with van der Waals surface area (Å²) in [5, 5.41) is 26.8. The Balaban J connectivity index is 2.08. The van der Waals surface area contributed by atoms with Crippen LogP contribution in [0.5, 0.6) is 0 Å². The number of carboxylic acids is 1. The maximum absolute atomic E-state index is 13.0. The lowest BCUT2D eigenvalue weighted by Gasteiger charge is -2.30. The van der Waals surface area contributed by atoms with Crippen LogP contribution in [0.1, 0.15) is 25.5 Å². The Kier molecular flexibility index (Phi) is 10.5. The number of aliphatic carboxylic acids is 1. The van der Waals surface area contributed by atoms with Gasteiger partial charge < -0.3 is 41.8 Å². The van der Waals surface area contributed by atoms with E-state index in [4.69, 9.17) is 5.73 Å². The summed E-state index contributed by atoms with van der Waals surface area (Å²) in [4.78, 5) is 69.7. The Bertz CT molecular complexity index is 912. The quantitative estimate of drug-likeness (QED) is 0.131. The van der Waals surface area contributed by atoms with Crippen molar-refractivity contribution in [3.8, 4) is 0 Å². The number of carbonyl (C=O) groups is 5. The van der Waals surface area contributed by atoms with E-state index >= 15 is 0 Å². The van der Waals surface area contributed by atoms with E-state index in [-0.39, 0.29) is 25.3 Å². The molecule has 4 amide bonds. The summed E-state index contributed by atoms with van der Waals surface area (Å²) < 4.78 is 0. The molecule has 1 aliphatic heterocycles. The van der Waals surface area contributed by atoms with Crippen LogP contribution in [0.25, 0.3) is 0 Å². The Morgan fingerprint density at radius 2 is 1.97 bits per heavy atom. The van der Waals surface area contributed by atoms with Crippen molar-refractivity contribution in [1.82, 2.24) is 30.8 Å². The van der Waals surface area contributed by atoms with Crippen molar-refractivity contribution in [2.75, 3.05) is 18.8 Å². The number of amides is 4. The summed E-state index contributed by atoms with van der Waals surface area (Å²) in [6.07, 6.45) is 2.13. The van der Waals surface area contributed by atoms with E-state index in [0.717, 1.165) is 0 Å². The fourth-order valence-corrected chi connectivity index (χ4v) is 3.92. The smallest absolute Gasteiger partial charge is 0.326 e. The van der Waals surface area contributed by atoms with Gasteiger partial charge in [0.2, 0.25) is 23.6 Å². The van der Waals surface area contributed by atoms with E-state index in [1.54, 1.807) is 0 Å². The van der Waals surface area contributed by atoms with Gasteiger partial charge in [-0.25, -0.2) is 9.78 Å². The third-order valence-corrected chi connectivity index (χ3v) is 5.86. The molecule has 1 aliphatic rings. The number of likely N-dealkylation sites (tertiary alicyclic amines) is 1. The maximum Gasteiger partial charge on any atom is 0.326 e. The van der Waals surface area contributed by atoms with Crippen LogP contribution in [0.4, 0.5) is 0 Å². The fourth-order valence-electron chi connectivity index (χ4n) is 3.67. The van der Waals surface area contributed by atoms with Crippen LogP contribution in [-0.4, -0.2) is 104 Å². The van der Waals surface area contributed by atoms with Crippen molar-refractivity contribution in [3.05, 3.63) is 18.2 Å². The van der Waals surface area contributed by atoms with Crippen molar-refractivity contribution >= 4 is 42.2 Å². The lowest BCUT2D eigenvalue weighted by Crippen LogP contribution is -2.60. The fraction of sp³-hybridized carbons (Fsp3) is 0.600. The number of H-pyrrole nitrogens is 1. The number of aromatic nitrogens is 2. The topological polar surface area (TPSA) is 220 Å². The number of aromatic amines is 1. The first-order valence-electron chi connectivity index (χ1n) is 11.0. The zero-order chi connectivity index (χ0) is 26.1. The molecular formula is C20H31N7O7S. The van der Waals surface area contributed by atoms with Gasteiger partial charge in [0.05, 0.1) is 19.0 Å². The molecule has 1 saturated heterocycles. The molecule has 0 radical (unpaired) electrons. The van der Waals surface area contributed by atoms with Gasteiger partial charge in [-0.05, 0) is 19.8 Å². The molecule has 1 aromatic rings. The summed E-state index contributed by atoms with van der Waals surface area (Å²) in [6.45, 7) is 1.20. The highest BCUT2D eigenvalue weighted by atomic mass is 32.1. The molecule has 0 aromatic carbocycles. The number of hydrogen-bond acceptors (Lipinski definition) is 9. The van der Waals surface area contributed by atoms with Crippen molar-refractivity contribution in [3.63, 3.8) is 0 Å². The molecule has 1 aromatic heterocycles. The minimum Gasteiger partial charge on any atom is -0.480 e. The van der Waals surface area contributed by atoms with E-state index in [2.05, 4.69) is 38.5 Å². The molecule has 0 aliphatic carbocycles. The molecule has 2 rings (SSSR count). The number of nitrogens with one attached hydrogen (secondary N) is 4. The lowest BCUT2D eigenvalue weighted by molar-refractivity contribution is -0.144. The molecule has 0 unspecified atom stereocenters. The standard InChI is InChI=1S/C20H31N7O7S/c1-10(28)16(18(31)25-12(20(33)34)5-11-7-22-9-23-11)26-17(30)14-3-2-4-27(14)19(32)13(8-35)24-15(29)6-21/h7,9-10,12-14,16,28,35H,2-6,8,21H2,1H3,(H,22,23)(H,24,29)(H,25,31)(H,26,30)(H,33,34)/t10-,12+,13+,14+,16+/m1/s1. The molecule has 1 fully saturated rings. The molecule has 0 saturated carbocycles. The van der Waals surface area contributed by atoms with E-state index in [0.29, 0.717) is 18.5 Å². The number of aliphatic hydroxyl groups excluding tert-OH is 1. The lowest BCUT2D eigenvalue weighted by atomic mass is 10.1. The van der Waals surface area contributed by atoms with Crippen LogP contribution in [0.2, 0.25) is 0 Å². The normalized spacial score (nSPS) is 18.7. The van der Waals surface area contributed by atoms with Crippen LogP contribution in [0.3, 0.4) is 0 Å². The summed E-state index contributed by atoms with van der Waals surface area (Å²) >= 11 is 4.09. The van der Waals surface area contributed by atoms with Gasteiger partial charge >= 0.3 is 5.97 Å². The molecule has 5 atom stereocenters. The number of imidazole rings is 1. The number of carbonyl (C=O) groups excluding carboxylic acids is 4. The first-order chi connectivity index (χ1) is 16.6. The van der Waals surface area contributed by atoms with E-state index < -0.39 is 59.9 Å². The third kappa shape index (κ3) is 7.66. The monoisotopic (exact) mass is 513 g/mol. The summed E-state index contributed by atoms with van der Waals surface area (Å²) in [5.41, 5.74) is 5.75. The number of carboxylic acid groups (broad SMARTS) is 1. The van der Waals surface area contributed by atoms with Crippen molar-refractivity contribution in [2.45, 2.75) is 56.5 Å². The molecular weight excluding hydrogens is 482 g/mol. The Morgan fingerprint density at radius 3 is 2.51 bits per heavy atom. The minimum absolute atomic E-state index is 0.0129. The molecule has 0 bridgehead atoms. The Morgan fingerprint density at radius 1 is 1.26 bits per heavy atom. The molecule has 35 heavy (non-hydrogen) atoms. The van der Waals surface area contributed by atoms with Crippen LogP contribution < -0.4 is 21.7 Å². The number of hydrogen-bond donors (Lipinski definition) is 8. The largest absolute Gasteiger partial charge is 0.480 e. The predicted molar refractivity (Wildman–Crippen MR) is 125 cm³/mol. The van der Waals surface area contributed by atoms with Crippen LogP contribution in [0, 0.1) is 0 Å². The number of aliphatic hydroxyl groups is 1. The average molecular weight is 514 g/mol. The second-order valence-electron chi connectivity index (χ2n) is 8.10. The molecule has 14 nitrogen and oxygen atoms in total. The van der Waals surface area contributed by atoms with Gasteiger partial charge in [-0.1, -0.05) is 0 Å².